The number of benzene rings is 1. The van der Waals surface area contributed by atoms with Crippen molar-refractivity contribution in [2.24, 2.45) is 0 Å². The first-order valence-electron chi connectivity index (χ1n) is 8.58. The van der Waals surface area contributed by atoms with Crippen LogP contribution in [-0.2, 0) is 19.5 Å². The zero-order chi connectivity index (χ0) is 17.6. The molecule has 7 heteroatoms. The topological polar surface area (TPSA) is 79.2 Å². The first kappa shape index (κ1) is 17.4. The van der Waals surface area contributed by atoms with Crippen LogP contribution in [0.1, 0.15) is 35.8 Å². The van der Waals surface area contributed by atoms with Crippen LogP contribution in [0.25, 0.3) is 0 Å². The lowest BCUT2D eigenvalue weighted by molar-refractivity contribution is 0.233. The molecule has 0 radical (unpaired) electrons. The molecule has 1 aromatic carbocycles. The van der Waals surface area contributed by atoms with Crippen LogP contribution in [0.15, 0.2) is 30.5 Å². The van der Waals surface area contributed by atoms with Gasteiger partial charge in [0.25, 0.3) is 0 Å². The third kappa shape index (κ3) is 4.36. The molecule has 0 fully saturated rings. The zero-order valence-electron chi connectivity index (χ0n) is 14.0. The van der Waals surface area contributed by atoms with Crippen molar-refractivity contribution in [1.82, 2.24) is 20.2 Å². The van der Waals surface area contributed by atoms with Gasteiger partial charge in [-0.3, -0.25) is 0 Å². The number of urea groups is 1. The Hall–Kier alpha value is -2.41. The van der Waals surface area contributed by atoms with Gasteiger partial charge < -0.3 is 20.3 Å². The summed E-state index contributed by atoms with van der Waals surface area (Å²) in [6, 6.07) is 5.64. The molecule has 0 bridgehead atoms. The second-order valence-corrected chi connectivity index (χ2v) is 6.27. The molecule has 2 heterocycles. The number of aryl methyl sites for hydroxylation is 1. The Morgan fingerprint density at radius 2 is 2.08 bits per heavy atom. The lowest BCUT2D eigenvalue weighted by atomic mass is 10.00. The molecule has 1 aliphatic heterocycles. The van der Waals surface area contributed by atoms with Gasteiger partial charge in [-0.25, -0.2) is 14.2 Å². The third-order valence-corrected chi connectivity index (χ3v) is 4.55. The SMILES string of the molecule is O=C(NCc1cnc2n1CCCC2)NCC(CO)c1ccc(F)cc1. The highest BCUT2D eigenvalue weighted by Crippen LogP contribution is 2.16. The minimum absolute atomic E-state index is 0.123. The molecule has 25 heavy (non-hydrogen) atoms. The number of carbonyl (C=O) groups excluding carboxylic acids is 1. The number of nitrogens with one attached hydrogen (secondary N) is 2. The van der Waals surface area contributed by atoms with E-state index in [0.717, 1.165) is 42.9 Å². The molecule has 134 valence electrons. The van der Waals surface area contributed by atoms with Gasteiger partial charge in [-0.15, -0.1) is 0 Å². The highest BCUT2D eigenvalue weighted by Gasteiger charge is 2.15. The molecule has 1 unspecified atom stereocenters. The normalized spacial score (nSPS) is 14.6. The number of carbonyl (C=O) groups is 1. The van der Waals surface area contributed by atoms with E-state index in [-0.39, 0.29) is 30.9 Å². The van der Waals surface area contributed by atoms with Gasteiger partial charge in [-0.1, -0.05) is 12.1 Å². The number of aliphatic hydroxyl groups excluding tert-OH is 1. The summed E-state index contributed by atoms with van der Waals surface area (Å²) in [7, 11) is 0. The molecule has 0 saturated heterocycles. The monoisotopic (exact) mass is 346 g/mol. The average Bonchev–Trinajstić information content (AvgIpc) is 3.05. The summed E-state index contributed by atoms with van der Waals surface area (Å²) in [5.74, 6) is 0.490. The van der Waals surface area contributed by atoms with Crippen LogP contribution in [0.2, 0.25) is 0 Å². The zero-order valence-corrected chi connectivity index (χ0v) is 14.0. The Kier molecular flexibility index (Phi) is 5.65. The van der Waals surface area contributed by atoms with Gasteiger partial charge in [-0.05, 0) is 30.5 Å². The Labute approximate surface area is 146 Å². The molecule has 1 atom stereocenters. The van der Waals surface area contributed by atoms with Crippen LogP contribution < -0.4 is 10.6 Å². The van der Waals surface area contributed by atoms with Crippen LogP contribution in [-0.4, -0.2) is 33.8 Å². The Morgan fingerprint density at radius 1 is 1.28 bits per heavy atom. The van der Waals surface area contributed by atoms with Crippen LogP contribution in [0.5, 0.6) is 0 Å². The number of hydrogen-bond donors (Lipinski definition) is 3. The quantitative estimate of drug-likeness (QED) is 0.748. The summed E-state index contributed by atoms with van der Waals surface area (Å²) in [4.78, 5) is 16.4. The number of aromatic nitrogens is 2. The van der Waals surface area contributed by atoms with Crippen LogP contribution in [0, 0.1) is 5.82 Å². The second kappa shape index (κ2) is 8.11. The van der Waals surface area contributed by atoms with E-state index in [1.807, 2.05) is 6.20 Å². The van der Waals surface area contributed by atoms with Gasteiger partial charge in [-0.2, -0.15) is 0 Å². The summed E-state index contributed by atoms with van der Waals surface area (Å²) in [6.45, 7) is 1.52. The smallest absolute Gasteiger partial charge is 0.315 e. The van der Waals surface area contributed by atoms with Crippen LogP contribution >= 0.6 is 0 Å². The number of nitrogens with zero attached hydrogens (tertiary/aromatic N) is 2. The van der Waals surface area contributed by atoms with Crippen LogP contribution in [0.3, 0.4) is 0 Å². The lowest BCUT2D eigenvalue weighted by Crippen LogP contribution is -2.38. The molecule has 0 spiro atoms. The molecule has 3 N–H and O–H groups in total. The summed E-state index contributed by atoms with van der Waals surface area (Å²) >= 11 is 0. The molecule has 2 amide bonds. The van der Waals surface area contributed by atoms with Crippen molar-refractivity contribution in [3.8, 4) is 0 Å². The summed E-state index contributed by atoms with van der Waals surface area (Å²) in [6.07, 6.45) is 5.10. The van der Waals surface area contributed by atoms with Gasteiger partial charge in [0, 0.05) is 25.4 Å². The number of rotatable bonds is 6. The van der Waals surface area contributed by atoms with E-state index in [1.54, 1.807) is 12.1 Å². The van der Waals surface area contributed by atoms with Gasteiger partial charge >= 0.3 is 6.03 Å². The van der Waals surface area contributed by atoms with Gasteiger partial charge in [0.05, 0.1) is 25.0 Å². The Balaban J connectivity index is 1.49. The predicted octanol–water partition coefficient (Wildman–Crippen LogP) is 1.93. The van der Waals surface area contributed by atoms with Crippen molar-refractivity contribution >= 4 is 6.03 Å². The van der Waals surface area contributed by atoms with E-state index in [4.69, 9.17) is 0 Å². The Bertz CT molecular complexity index is 714. The molecule has 2 aromatic rings. The fourth-order valence-corrected chi connectivity index (χ4v) is 3.09. The van der Waals surface area contributed by atoms with Crippen molar-refractivity contribution in [2.45, 2.75) is 38.3 Å². The minimum atomic E-state index is -0.324. The van der Waals surface area contributed by atoms with Gasteiger partial charge in [0.2, 0.25) is 0 Å². The largest absolute Gasteiger partial charge is 0.396 e. The van der Waals surface area contributed by atoms with E-state index in [1.165, 1.54) is 12.1 Å². The van der Waals surface area contributed by atoms with E-state index in [2.05, 4.69) is 20.2 Å². The molecule has 1 aliphatic rings. The van der Waals surface area contributed by atoms with E-state index in [0.29, 0.717) is 6.54 Å². The molecular weight excluding hydrogens is 323 g/mol. The van der Waals surface area contributed by atoms with Gasteiger partial charge in [0.1, 0.15) is 11.6 Å². The number of amides is 2. The number of halogens is 1. The maximum Gasteiger partial charge on any atom is 0.315 e. The predicted molar refractivity (Wildman–Crippen MR) is 91.6 cm³/mol. The van der Waals surface area contributed by atoms with E-state index >= 15 is 0 Å². The van der Waals surface area contributed by atoms with Crippen molar-refractivity contribution in [2.75, 3.05) is 13.2 Å². The van der Waals surface area contributed by atoms with Crippen molar-refractivity contribution in [3.05, 3.63) is 53.4 Å². The second-order valence-electron chi connectivity index (χ2n) is 6.27. The minimum Gasteiger partial charge on any atom is -0.396 e. The van der Waals surface area contributed by atoms with Crippen LogP contribution in [0.4, 0.5) is 9.18 Å². The number of imidazole rings is 1. The molecule has 1 aromatic heterocycles. The first-order valence-corrected chi connectivity index (χ1v) is 8.58. The first-order chi connectivity index (χ1) is 12.2. The van der Waals surface area contributed by atoms with Crippen molar-refractivity contribution in [3.63, 3.8) is 0 Å². The molecule has 0 saturated carbocycles. The number of fused-ring (bicyclic) bond motifs is 1. The summed E-state index contributed by atoms with van der Waals surface area (Å²) in [5, 5.41) is 15.1. The third-order valence-electron chi connectivity index (χ3n) is 4.55. The maximum atomic E-state index is 13.0. The van der Waals surface area contributed by atoms with E-state index < -0.39 is 0 Å². The fraction of sp³-hybridized carbons (Fsp3) is 0.444. The average molecular weight is 346 g/mol. The van der Waals surface area contributed by atoms with Crippen molar-refractivity contribution in [1.29, 1.82) is 0 Å². The molecular formula is C18H23FN4O2. The maximum absolute atomic E-state index is 13.0. The molecule has 0 aliphatic carbocycles. The van der Waals surface area contributed by atoms with Gasteiger partial charge in [0.15, 0.2) is 0 Å². The Morgan fingerprint density at radius 3 is 2.84 bits per heavy atom. The fourth-order valence-electron chi connectivity index (χ4n) is 3.09. The molecule has 6 nitrogen and oxygen atoms in total. The number of hydrogen-bond acceptors (Lipinski definition) is 3. The summed E-state index contributed by atoms with van der Waals surface area (Å²) in [5.41, 5.74) is 1.79. The highest BCUT2D eigenvalue weighted by atomic mass is 19.1. The summed E-state index contributed by atoms with van der Waals surface area (Å²) < 4.78 is 15.1. The van der Waals surface area contributed by atoms with E-state index in [9.17, 15) is 14.3 Å². The standard InChI is InChI=1S/C18H23FN4O2/c19-15-6-4-13(5-7-15)14(12-24)9-21-18(25)22-11-16-10-20-17-3-1-2-8-23(16)17/h4-7,10,14,24H,1-3,8-9,11-12H2,(H2,21,22,25). The molecule has 3 rings (SSSR count). The van der Waals surface area contributed by atoms with Crippen molar-refractivity contribution < 1.29 is 14.3 Å². The number of aliphatic hydroxyl groups is 1. The highest BCUT2D eigenvalue weighted by molar-refractivity contribution is 5.73. The lowest BCUT2D eigenvalue weighted by Gasteiger charge is -2.18.